The van der Waals surface area contributed by atoms with Gasteiger partial charge in [0.1, 0.15) is 0 Å². The minimum absolute atomic E-state index is 0.310. The second-order valence-electron chi connectivity index (χ2n) is 5.30. The van der Waals surface area contributed by atoms with Crippen LogP contribution in [0.3, 0.4) is 0 Å². The SMILES string of the molecule is Cc1cc2ccccc2c(Cc2ccc3c(c2)OCO3)n1. The van der Waals surface area contributed by atoms with Gasteiger partial charge < -0.3 is 9.47 Å². The maximum atomic E-state index is 5.45. The van der Waals surface area contributed by atoms with E-state index >= 15 is 0 Å². The second kappa shape index (κ2) is 4.77. The van der Waals surface area contributed by atoms with E-state index in [-0.39, 0.29) is 0 Å². The Morgan fingerprint density at radius 2 is 1.86 bits per heavy atom. The molecule has 2 heterocycles. The Morgan fingerprint density at radius 1 is 1.00 bits per heavy atom. The minimum Gasteiger partial charge on any atom is -0.454 e. The Kier molecular flexibility index (Phi) is 2.78. The third kappa shape index (κ3) is 2.21. The molecule has 0 saturated heterocycles. The fourth-order valence-corrected chi connectivity index (χ4v) is 2.80. The predicted octanol–water partition coefficient (Wildman–Crippen LogP) is 3.86. The van der Waals surface area contributed by atoms with Crippen molar-refractivity contribution in [3.05, 3.63) is 65.5 Å². The van der Waals surface area contributed by atoms with Gasteiger partial charge in [-0.15, -0.1) is 0 Å². The van der Waals surface area contributed by atoms with E-state index in [1.807, 2.05) is 19.1 Å². The number of aryl methyl sites for hydroxylation is 1. The lowest BCUT2D eigenvalue weighted by atomic mass is 10.0. The summed E-state index contributed by atoms with van der Waals surface area (Å²) in [6.45, 7) is 2.35. The summed E-state index contributed by atoms with van der Waals surface area (Å²) >= 11 is 0. The van der Waals surface area contributed by atoms with Crippen LogP contribution in [0.1, 0.15) is 17.0 Å². The Labute approximate surface area is 123 Å². The molecule has 3 heteroatoms. The number of nitrogens with zero attached hydrogens (tertiary/aromatic N) is 1. The molecule has 0 atom stereocenters. The zero-order valence-corrected chi connectivity index (χ0v) is 11.8. The van der Waals surface area contributed by atoms with Crippen molar-refractivity contribution in [2.24, 2.45) is 0 Å². The fourth-order valence-electron chi connectivity index (χ4n) is 2.80. The summed E-state index contributed by atoms with van der Waals surface area (Å²) in [6.07, 6.45) is 0.791. The third-order valence-corrected chi connectivity index (χ3v) is 3.76. The number of rotatable bonds is 2. The lowest BCUT2D eigenvalue weighted by Gasteiger charge is -2.08. The zero-order valence-electron chi connectivity index (χ0n) is 11.8. The van der Waals surface area contributed by atoms with Crippen LogP contribution in [0.5, 0.6) is 11.5 Å². The summed E-state index contributed by atoms with van der Waals surface area (Å²) in [7, 11) is 0. The van der Waals surface area contributed by atoms with Gasteiger partial charge in [0.25, 0.3) is 0 Å². The van der Waals surface area contributed by atoms with Crippen LogP contribution in [0.25, 0.3) is 10.8 Å². The molecule has 0 unspecified atom stereocenters. The monoisotopic (exact) mass is 277 g/mol. The van der Waals surface area contributed by atoms with Gasteiger partial charge >= 0.3 is 0 Å². The Hall–Kier alpha value is -2.55. The topological polar surface area (TPSA) is 31.4 Å². The van der Waals surface area contributed by atoms with Gasteiger partial charge in [0.15, 0.2) is 11.5 Å². The highest BCUT2D eigenvalue weighted by molar-refractivity contribution is 5.85. The van der Waals surface area contributed by atoms with Crippen LogP contribution in [0.2, 0.25) is 0 Å². The molecule has 0 spiro atoms. The van der Waals surface area contributed by atoms with Crippen LogP contribution in [-0.4, -0.2) is 11.8 Å². The van der Waals surface area contributed by atoms with Gasteiger partial charge in [0.2, 0.25) is 6.79 Å². The second-order valence-corrected chi connectivity index (χ2v) is 5.30. The molecule has 3 nitrogen and oxygen atoms in total. The summed E-state index contributed by atoms with van der Waals surface area (Å²) in [5.74, 6) is 1.64. The molecule has 2 aromatic carbocycles. The van der Waals surface area contributed by atoms with E-state index < -0.39 is 0 Å². The highest BCUT2D eigenvalue weighted by atomic mass is 16.7. The normalized spacial score (nSPS) is 12.8. The number of fused-ring (bicyclic) bond motifs is 2. The largest absolute Gasteiger partial charge is 0.454 e. The minimum atomic E-state index is 0.310. The highest BCUT2D eigenvalue weighted by Crippen LogP contribution is 2.33. The zero-order chi connectivity index (χ0) is 14.2. The molecule has 104 valence electrons. The van der Waals surface area contributed by atoms with E-state index in [2.05, 4.69) is 36.4 Å². The molecule has 0 N–H and O–H groups in total. The molecule has 0 saturated carbocycles. The summed E-state index contributed by atoms with van der Waals surface area (Å²) < 4.78 is 10.8. The van der Waals surface area contributed by atoms with E-state index in [1.54, 1.807) is 0 Å². The summed E-state index contributed by atoms with van der Waals surface area (Å²) in [4.78, 5) is 4.72. The van der Waals surface area contributed by atoms with Crippen molar-refractivity contribution in [3.63, 3.8) is 0 Å². The molecule has 21 heavy (non-hydrogen) atoms. The molecule has 1 aliphatic heterocycles. The Balaban J connectivity index is 1.77. The average molecular weight is 277 g/mol. The molecule has 4 rings (SSSR count). The summed E-state index contributed by atoms with van der Waals surface area (Å²) in [5, 5.41) is 2.45. The van der Waals surface area contributed by atoms with Crippen molar-refractivity contribution in [2.75, 3.05) is 6.79 Å². The van der Waals surface area contributed by atoms with E-state index in [0.717, 1.165) is 29.3 Å². The maximum absolute atomic E-state index is 5.45. The van der Waals surface area contributed by atoms with Gasteiger partial charge in [-0.1, -0.05) is 30.3 Å². The van der Waals surface area contributed by atoms with E-state index in [1.165, 1.54) is 16.3 Å². The Morgan fingerprint density at radius 3 is 2.81 bits per heavy atom. The molecule has 0 amide bonds. The molecule has 3 aromatic rings. The van der Waals surface area contributed by atoms with Crippen molar-refractivity contribution < 1.29 is 9.47 Å². The number of ether oxygens (including phenoxy) is 2. The molecule has 1 aliphatic rings. The van der Waals surface area contributed by atoms with Crippen LogP contribution in [0.4, 0.5) is 0 Å². The quantitative estimate of drug-likeness (QED) is 0.712. The highest BCUT2D eigenvalue weighted by Gasteiger charge is 2.14. The first-order valence-electron chi connectivity index (χ1n) is 7.03. The first kappa shape index (κ1) is 12.2. The third-order valence-electron chi connectivity index (χ3n) is 3.76. The standard InChI is InChI=1S/C18H15NO2/c1-12-8-14-4-2-3-5-15(14)16(19-12)9-13-6-7-17-18(10-13)21-11-20-17/h2-8,10H,9,11H2,1H3. The number of hydrogen-bond acceptors (Lipinski definition) is 3. The van der Waals surface area contributed by atoms with E-state index in [0.29, 0.717) is 6.79 Å². The average Bonchev–Trinajstić information content (AvgIpc) is 2.94. The lowest BCUT2D eigenvalue weighted by molar-refractivity contribution is 0.174. The van der Waals surface area contributed by atoms with Gasteiger partial charge in [-0.05, 0) is 36.1 Å². The molecular weight excluding hydrogens is 262 g/mol. The molecule has 0 bridgehead atoms. The van der Waals surface area contributed by atoms with Gasteiger partial charge in [0, 0.05) is 17.5 Å². The molecule has 1 aromatic heterocycles. The maximum Gasteiger partial charge on any atom is 0.231 e. The predicted molar refractivity (Wildman–Crippen MR) is 81.9 cm³/mol. The van der Waals surface area contributed by atoms with Crippen molar-refractivity contribution in [1.82, 2.24) is 4.98 Å². The van der Waals surface area contributed by atoms with Gasteiger partial charge in [-0.25, -0.2) is 0 Å². The van der Waals surface area contributed by atoms with Gasteiger partial charge in [0.05, 0.1) is 5.69 Å². The van der Waals surface area contributed by atoms with E-state index in [9.17, 15) is 0 Å². The lowest BCUT2D eigenvalue weighted by Crippen LogP contribution is -1.96. The van der Waals surface area contributed by atoms with Crippen LogP contribution in [0.15, 0.2) is 48.5 Å². The number of pyridine rings is 1. The van der Waals surface area contributed by atoms with Crippen LogP contribution >= 0.6 is 0 Å². The number of aromatic nitrogens is 1. The molecule has 0 aliphatic carbocycles. The summed E-state index contributed by atoms with van der Waals surface area (Å²) in [6, 6.07) is 16.6. The Bertz CT molecular complexity index is 827. The number of hydrogen-bond donors (Lipinski definition) is 0. The fraction of sp³-hybridized carbons (Fsp3) is 0.167. The van der Waals surface area contributed by atoms with Gasteiger partial charge in [-0.3, -0.25) is 4.98 Å². The van der Waals surface area contributed by atoms with Crippen molar-refractivity contribution in [1.29, 1.82) is 0 Å². The first-order valence-corrected chi connectivity index (χ1v) is 7.03. The van der Waals surface area contributed by atoms with Crippen molar-refractivity contribution in [3.8, 4) is 11.5 Å². The molecule has 0 radical (unpaired) electrons. The van der Waals surface area contributed by atoms with Crippen LogP contribution in [0, 0.1) is 6.92 Å². The first-order chi connectivity index (χ1) is 10.3. The summed E-state index contributed by atoms with van der Waals surface area (Å²) in [5.41, 5.74) is 3.33. The van der Waals surface area contributed by atoms with E-state index in [4.69, 9.17) is 14.5 Å². The molecule has 0 fully saturated rings. The number of benzene rings is 2. The van der Waals surface area contributed by atoms with Crippen LogP contribution < -0.4 is 9.47 Å². The van der Waals surface area contributed by atoms with Crippen LogP contribution in [-0.2, 0) is 6.42 Å². The van der Waals surface area contributed by atoms with Gasteiger partial charge in [-0.2, -0.15) is 0 Å². The molecular formula is C18H15NO2. The smallest absolute Gasteiger partial charge is 0.231 e. The van der Waals surface area contributed by atoms with Crippen molar-refractivity contribution in [2.45, 2.75) is 13.3 Å². The van der Waals surface area contributed by atoms with Crippen molar-refractivity contribution >= 4 is 10.8 Å².